The van der Waals surface area contributed by atoms with Gasteiger partial charge in [-0.3, -0.25) is 4.79 Å². The van der Waals surface area contributed by atoms with E-state index in [1.807, 2.05) is 6.20 Å². The molecule has 1 atom stereocenters. The van der Waals surface area contributed by atoms with Crippen LogP contribution >= 0.6 is 11.3 Å². The van der Waals surface area contributed by atoms with Crippen LogP contribution in [0.25, 0.3) is 0 Å². The molecule has 2 heterocycles. The van der Waals surface area contributed by atoms with Crippen LogP contribution in [0.15, 0.2) is 6.20 Å². The van der Waals surface area contributed by atoms with Gasteiger partial charge in [0.15, 0.2) is 5.13 Å². The fourth-order valence-corrected chi connectivity index (χ4v) is 3.39. The summed E-state index contributed by atoms with van der Waals surface area (Å²) in [5.41, 5.74) is 0. The third-order valence-corrected chi connectivity index (χ3v) is 4.53. The first-order valence-corrected chi connectivity index (χ1v) is 7.34. The summed E-state index contributed by atoms with van der Waals surface area (Å²) in [5.74, 6) is -0.155. The van der Waals surface area contributed by atoms with Crippen molar-refractivity contribution in [2.24, 2.45) is 0 Å². The van der Waals surface area contributed by atoms with Crippen molar-refractivity contribution >= 4 is 22.4 Å². The predicted octanol–water partition coefficient (Wildman–Crippen LogP) is 2.63. The SMILES string of the molecule is CC[C@H]1CCCN1c1ncc(CCC(=O)OC)s1. The van der Waals surface area contributed by atoms with Gasteiger partial charge in [-0.2, -0.15) is 0 Å². The number of methoxy groups -OCH3 is 1. The summed E-state index contributed by atoms with van der Waals surface area (Å²) in [5, 5.41) is 1.11. The molecule has 5 heteroatoms. The number of hydrogen-bond acceptors (Lipinski definition) is 5. The van der Waals surface area contributed by atoms with Gasteiger partial charge in [-0.25, -0.2) is 4.98 Å². The van der Waals surface area contributed by atoms with E-state index in [1.165, 1.54) is 26.4 Å². The number of nitrogens with zero attached hydrogens (tertiary/aromatic N) is 2. The molecule has 0 aromatic carbocycles. The molecule has 0 spiro atoms. The van der Waals surface area contributed by atoms with Gasteiger partial charge in [-0.05, 0) is 25.7 Å². The molecule has 0 unspecified atom stereocenters. The van der Waals surface area contributed by atoms with Crippen LogP contribution in [0.1, 0.15) is 37.5 Å². The van der Waals surface area contributed by atoms with E-state index >= 15 is 0 Å². The molecule has 0 bridgehead atoms. The van der Waals surface area contributed by atoms with E-state index in [-0.39, 0.29) is 5.97 Å². The van der Waals surface area contributed by atoms with E-state index < -0.39 is 0 Å². The highest BCUT2D eigenvalue weighted by Crippen LogP contribution is 2.31. The number of esters is 1. The Kier molecular flexibility index (Phi) is 4.58. The van der Waals surface area contributed by atoms with Gasteiger partial charge in [0.2, 0.25) is 0 Å². The van der Waals surface area contributed by atoms with Gasteiger partial charge in [0.05, 0.1) is 13.5 Å². The molecule has 1 aliphatic heterocycles. The van der Waals surface area contributed by atoms with Crippen LogP contribution in [0.4, 0.5) is 5.13 Å². The molecule has 4 nitrogen and oxygen atoms in total. The standard InChI is InChI=1S/C13H20N2O2S/c1-3-10-5-4-8-15(10)13-14-9-11(18-13)6-7-12(16)17-2/h9-10H,3-8H2,1-2H3/t10-/m0/s1. The van der Waals surface area contributed by atoms with Crippen LogP contribution in [0.2, 0.25) is 0 Å². The third kappa shape index (κ3) is 3.02. The van der Waals surface area contributed by atoms with E-state index in [4.69, 9.17) is 0 Å². The quantitative estimate of drug-likeness (QED) is 0.770. The Hall–Kier alpha value is -1.10. The molecule has 2 rings (SSSR count). The average molecular weight is 268 g/mol. The van der Waals surface area contributed by atoms with Gasteiger partial charge >= 0.3 is 5.97 Å². The molecule has 18 heavy (non-hydrogen) atoms. The molecule has 1 saturated heterocycles. The minimum absolute atomic E-state index is 0.155. The van der Waals surface area contributed by atoms with Crippen molar-refractivity contribution < 1.29 is 9.53 Å². The summed E-state index contributed by atoms with van der Waals surface area (Å²) in [6.07, 6.45) is 6.78. The van der Waals surface area contributed by atoms with Crippen molar-refractivity contribution in [3.63, 3.8) is 0 Å². The molecule has 1 aromatic heterocycles. The zero-order chi connectivity index (χ0) is 13.0. The number of rotatable bonds is 5. The van der Waals surface area contributed by atoms with Gasteiger partial charge < -0.3 is 9.64 Å². The summed E-state index contributed by atoms with van der Waals surface area (Å²) < 4.78 is 4.65. The molecule has 0 aliphatic carbocycles. The molecule has 100 valence electrons. The Labute approximate surface area is 112 Å². The number of carbonyl (C=O) groups is 1. The van der Waals surface area contributed by atoms with Gasteiger partial charge in [-0.1, -0.05) is 6.92 Å². The lowest BCUT2D eigenvalue weighted by Gasteiger charge is -2.22. The molecule has 0 N–H and O–H groups in total. The monoisotopic (exact) mass is 268 g/mol. The summed E-state index contributed by atoms with van der Waals surface area (Å²) in [7, 11) is 1.43. The minimum Gasteiger partial charge on any atom is -0.469 e. The van der Waals surface area contributed by atoms with E-state index in [2.05, 4.69) is 21.5 Å². The Morgan fingerprint density at radius 2 is 2.50 bits per heavy atom. The molecule has 1 aliphatic rings. The molecule has 0 amide bonds. The maximum Gasteiger partial charge on any atom is 0.305 e. The lowest BCUT2D eigenvalue weighted by molar-refractivity contribution is -0.140. The first-order chi connectivity index (χ1) is 8.74. The van der Waals surface area contributed by atoms with Crippen molar-refractivity contribution in [3.8, 4) is 0 Å². The number of carbonyl (C=O) groups excluding carboxylic acids is 1. The lowest BCUT2D eigenvalue weighted by atomic mass is 10.2. The van der Waals surface area contributed by atoms with Crippen LogP contribution in [0.3, 0.4) is 0 Å². The highest BCUT2D eigenvalue weighted by molar-refractivity contribution is 7.15. The average Bonchev–Trinajstić information content (AvgIpc) is 3.03. The normalized spacial score (nSPS) is 19.2. The zero-order valence-corrected chi connectivity index (χ0v) is 11.8. The zero-order valence-electron chi connectivity index (χ0n) is 11.0. The molecule has 0 radical (unpaired) electrons. The fourth-order valence-electron chi connectivity index (χ4n) is 2.38. The van der Waals surface area contributed by atoms with Crippen LogP contribution < -0.4 is 4.90 Å². The van der Waals surface area contributed by atoms with Crippen LogP contribution in [-0.2, 0) is 16.0 Å². The summed E-state index contributed by atoms with van der Waals surface area (Å²) >= 11 is 1.71. The number of thiazole rings is 1. The first kappa shape index (κ1) is 13.3. The van der Waals surface area contributed by atoms with Gasteiger partial charge in [0.1, 0.15) is 0 Å². The van der Waals surface area contributed by atoms with E-state index in [0.717, 1.165) is 23.0 Å². The van der Waals surface area contributed by atoms with Crippen molar-refractivity contribution in [2.75, 3.05) is 18.6 Å². The Balaban J connectivity index is 1.95. The number of anilines is 1. The highest BCUT2D eigenvalue weighted by Gasteiger charge is 2.25. The maximum atomic E-state index is 11.1. The maximum absolute atomic E-state index is 11.1. The predicted molar refractivity (Wildman–Crippen MR) is 73.1 cm³/mol. The van der Waals surface area contributed by atoms with Gasteiger partial charge in [0.25, 0.3) is 0 Å². The van der Waals surface area contributed by atoms with Crippen molar-refractivity contribution in [3.05, 3.63) is 11.1 Å². The van der Waals surface area contributed by atoms with Gasteiger partial charge in [0, 0.05) is 23.7 Å². The summed E-state index contributed by atoms with van der Waals surface area (Å²) in [6.45, 7) is 3.34. The lowest BCUT2D eigenvalue weighted by Crippen LogP contribution is -2.28. The topological polar surface area (TPSA) is 42.4 Å². The van der Waals surface area contributed by atoms with E-state index in [0.29, 0.717) is 12.5 Å². The highest BCUT2D eigenvalue weighted by atomic mass is 32.1. The van der Waals surface area contributed by atoms with E-state index in [1.54, 1.807) is 11.3 Å². The number of aromatic nitrogens is 1. The Bertz CT molecular complexity index is 405. The largest absolute Gasteiger partial charge is 0.469 e. The number of hydrogen-bond donors (Lipinski definition) is 0. The Morgan fingerprint density at radius 1 is 1.67 bits per heavy atom. The van der Waals surface area contributed by atoms with Crippen LogP contribution in [-0.4, -0.2) is 30.6 Å². The molecule has 0 saturated carbocycles. The molecular formula is C13H20N2O2S. The Morgan fingerprint density at radius 3 is 3.22 bits per heavy atom. The summed E-state index contributed by atoms with van der Waals surface area (Å²) in [4.78, 5) is 19.2. The molecular weight excluding hydrogens is 248 g/mol. The number of ether oxygens (including phenoxy) is 1. The third-order valence-electron chi connectivity index (χ3n) is 3.44. The van der Waals surface area contributed by atoms with Crippen molar-refractivity contribution in [2.45, 2.75) is 45.1 Å². The fraction of sp³-hybridized carbons (Fsp3) is 0.692. The number of aryl methyl sites for hydroxylation is 1. The van der Waals surface area contributed by atoms with Crippen LogP contribution in [0.5, 0.6) is 0 Å². The van der Waals surface area contributed by atoms with Gasteiger partial charge in [-0.15, -0.1) is 11.3 Å². The molecule has 1 aromatic rings. The van der Waals surface area contributed by atoms with Crippen molar-refractivity contribution in [1.82, 2.24) is 4.98 Å². The second-order valence-corrected chi connectivity index (χ2v) is 5.68. The smallest absolute Gasteiger partial charge is 0.305 e. The minimum atomic E-state index is -0.155. The summed E-state index contributed by atoms with van der Waals surface area (Å²) in [6, 6.07) is 0.643. The van der Waals surface area contributed by atoms with Crippen LogP contribution in [0, 0.1) is 0 Å². The molecule has 1 fully saturated rings. The van der Waals surface area contributed by atoms with Crippen molar-refractivity contribution in [1.29, 1.82) is 0 Å². The second kappa shape index (κ2) is 6.18. The van der Waals surface area contributed by atoms with E-state index in [9.17, 15) is 4.79 Å². The second-order valence-electron chi connectivity index (χ2n) is 4.58. The first-order valence-electron chi connectivity index (χ1n) is 6.52.